The summed E-state index contributed by atoms with van der Waals surface area (Å²) in [7, 11) is 1.97. The van der Waals surface area contributed by atoms with E-state index in [1.807, 2.05) is 30.1 Å². The smallest absolute Gasteiger partial charge is 0.264 e. The lowest BCUT2D eigenvalue weighted by atomic mass is 10.1. The zero-order valence-corrected chi connectivity index (χ0v) is 11.9. The van der Waals surface area contributed by atoms with E-state index in [4.69, 9.17) is 0 Å². The number of hydrogen-bond acceptors (Lipinski definition) is 3. The van der Waals surface area contributed by atoms with Crippen molar-refractivity contribution < 1.29 is 4.79 Å². The molecule has 1 aliphatic rings. The van der Waals surface area contributed by atoms with Crippen molar-refractivity contribution in [2.45, 2.75) is 18.9 Å². The van der Waals surface area contributed by atoms with Gasteiger partial charge in [-0.1, -0.05) is 18.2 Å². The molecular formula is C15H18N2OS. The molecule has 1 saturated heterocycles. The largest absolute Gasteiger partial charge is 0.336 e. The Morgan fingerprint density at radius 2 is 2.26 bits per heavy atom. The van der Waals surface area contributed by atoms with Gasteiger partial charge in [-0.15, -0.1) is 11.3 Å². The summed E-state index contributed by atoms with van der Waals surface area (Å²) in [6.07, 6.45) is 2.24. The summed E-state index contributed by atoms with van der Waals surface area (Å²) in [5.74, 6) is 0.182. The molecule has 2 aromatic rings. The van der Waals surface area contributed by atoms with Crippen molar-refractivity contribution in [1.82, 2.24) is 10.2 Å². The molecule has 0 spiro atoms. The maximum Gasteiger partial charge on any atom is 0.264 e. The number of likely N-dealkylation sites (tertiary alicyclic amines) is 1. The van der Waals surface area contributed by atoms with E-state index >= 15 is 0 Å². The quantitative estimate of drug-likeness (QED) is 0.913. The van der Waals surface area contributed by atoms with E-state index in [0.717, 1.165) is 36.2 Å². The van der Waals surface area contributed by atoms with Crippen LogP contribution in [0.4, 0.5) is 0 Å². The number of fused-ring (bicyclic) bond motifs is 1. The Kier molecular flexibility index (Phi) is 3.53. The van der Waals surface area contributed by atoms with Crippen LogP contribution in [0, 0.1) is 0 Å². The van der Waals surface area contributed by atoms with Gasteiger partial charge in [0, 0.05) is 23.8 Å². The molecule has 1 fully saturated rings. The lowest BCUT2D eigenvalue weighted by molar-refractivity contribution is 0.0703. The fourth-order valence-electron chi connectivity index (χ4n) is 2.64. The molecule has 0 aliphatic carbocycles. The van der Waals surface area contributed by atoms with Gasteiger partial charge >= 0.3 is 0 Å². The first-order valence-electron chi connectivity index (χ1n) is 6.73. The van der Waals surface area contributed by atoms with Crippen LogP contribution in [0.3, 0.4) is 0 Å². The van der Waals surface area contributed by atoms with Crippen LogP contribution in [0.5, 0.6) is 0 Å². The number of hydrogen-bond donors (Lipinski definition) is 1. The highest BCUT2D eigenvalue weighted by Crippen LogP contribution is 2.27. The summed E-state index contributed by atoms with van der Waals surface area (Å²) in [5.41, 5.74) is 0. The topological polar surface area (TPSA) is 32.3 Å². The van der Waals surface area contributed by atoms with Crippen LogP contribution in [0.25, 0.3) is 10.1 Å². The van der Waals surface area contributed by atoms with E-state index in [0.29, 0.717) is 6.04 Å². The van der Waals surface area contributed by atoms with Gasteiger partial charge in [-0.25, -0.2) is 0 Å². The molecular weight excluding hydrogens is 256 g/mol. The summed E-state index contributed by atoms with van der Waals surface area (Å²) in [6.45, 7) is 1.70. The van der Waals surface area contributed by atoms with Crippen molar-refractivity contribution in [3.63, 3.8) is 0 Å². The van der Waals surface area contributed by atoms with E-state index < -0.39 is 0 Å². The second-order valence-electron chi connectivity index (χ2n) is 5.03. The van der Waals surface area contributed by atoms with Gasteiger partial charge in [0.05, 0.1) is 4.88 Å². The van der Waals surface area contributed by atoms with E-state index in [1.165, 1.54) is 4.70 Å². The van der Waals surface area contributed by atoms with Crippen LogP contribution in [0.15, 0.2) is 30.3 Å². The highest BCUT2D eigenvalue weighted by Gasteiger charge is 2.24. The van der Waals surface area contributed by atoms with E-state index in [-0.39, 0.29) is 5.91 Å². The minimum Gasteiger partial charge on any atom is -0.336 e. The molecule has 0 unspecified atom stereocenters. The fourth-order valence-corrected chi connectivity index (χ4v) is 3.67. The third-order valence-corrected chi connectivity index (χ3v) is 4.86. The number of carbonyl (C=O) groups excluding carboxylic acids is 1. The minimum atomic E-state index is 0.182. The summed E-state index contributed by atoms with van der Waals surface area (Å²) in [4.78, 5) is 15.4. The number of nitrogens with one attached hydrogen (secondary N) is 1. The standard InChI is InChI=1S/C15H18N2OS/c1-16-12-6-4-8-17(10-12)15(18)14-9-11-5-2-3-7-13(11)19-14/h2-3,5,7,9,12,16H,4,6,8,10H2,1H3/t12-/m0/s1. The molecule has 19 heavy (non-hydrogen) atoms. The summed E-state index contributed by atoms with van der Waals surface area (Å²) >= 11 is 1.60. The maximum atomic E-state index is 12.5. The van der Waals surface area contributed by atoms with Gasteiger partial charge in [-0.3, -0.25) is 4.79 Å². The third kappa shape index (κ3) is 2.51. The molecule has 0 saturated carbocycles. The fraction of sp³-hybridized carbons (Fsp3) is 0.400. The highest BCUT2D eigenvalue weighted by atomic mass is 32.1. The molecule has 3 rings (SSSR count). The molecule has 3 nitrogen and oxygen atoms in total. The Labute approximate surface area is 117 Å². The molecule has 1 aromatic heterocycles. The average molecular weight is 274 g/mol. The normalized spacial score (nSPS) is 19.8. The van der Waals surface area contributed by atoms with Crippen LogP contribution >= 0.6 is 11.3 Å². The number of benzene rings is 1. The maximum absolute atomic E-state index is 12.5. The number of thiophene rings is 1. The van der Waals surface area contributed by atoms with Crippen molar-refractivity contribution in [1.29, 1.82) is 0 Å². The van der Waals surface area contributed by atoms with Crippen molar-refractivity contribution in [2.24, 2.45) is 0 Å². The van der Waals surface area contributed by atoms with E-state index in [1.54, 1.807) is 11.3 Å². The average Bonchev–Trinajstić information content (AvgIpc) is 2.90. The van der Waals surface area contributed by atoms with Crippen molar-refractivity contribution in [2.75, 3.05) is 20.1 Å². The van der Waals surface area contributed by atoms with Crippen LogP contribution in [0.1, 0.15) is 22.5 Å². The minimum absolute atomic E-state index is 0.182. The molecule has 1 amide bonds. The van der Waals surface area contributed by atoms with Crippen LogP contribution in [0.2, 0.25) is 0 Å². The predicted octanol–water partition coefficient (Wildman–Crippen LogP) is 2.73. The molecule has 1 aliphatic heterocycles. The summed E-state index contributed by atoms with van der Waals surface area (Å²) < 4.78 is 1.19. The van der Waals surface area contributed by atoms with Gasteiger partial charge in [0.1, 0.15) is 0 Å². The first-order chi connectivity index (χ1) is 9.28. The molecule has 4 heteroatoms. The Hall–Kier alpha value is -1.39. The molecule has 0 radical (unpaired) electrons. The van der Waals surface area contributed by atoms with Gasteiger partial charge < -0.3 is 10.2 Å². The molecule has 1 atom stereocenters. The first-order valence-corrected chi connectivity index (χ1v) is 7.54. The summed E-state index contributed by atoms with van der Waals surface area (Å²) in [6, 6.07) is 10.6. The van der Waals surface area contributed by atoms with Crippen LogP contribution < -0.4 is 5.32 Å². The predicted molar refractivity (Wildman–Crippen MR) is 79.8 cm³/mol. The van der Waals surface area contributed by atoms with Crippen molar-refractivity contribution in [3.8, 4) is 0 Å². The van der Waals surface area contributed by atoms with E-state index in [9.17, 15) is 4.79 Å². The second kappa shape index (κ2) is 5.31. The zero-order chi connectivity index (χ0) is 13.2. The molecule has 1 N–H and O–H groups in total. The number of nitrogens with zero attached hydrogens (tertiary/aromatic N) is 1. The molecule has 0 bridgehead atoms. The number of carbonyl (C=O) groups is 1. The summed E-state index contributed by atoms with van der Waals surface area (Å²) in [5, 5.41) is 4.44. The van der Waals surface area contributed by atoms with E-state index in [2.05, 4.69) is 17.4 Å². The number of piperidine rings is 1. The van der Waals surface area contributed by atoms with Gasteiger partial charge in [-0.05, 0) is 37.4 Å². The number of rotatable bonds is 2. The van der Waals surface area contributed by atoms with Gasteiger partial charge in [-0.2, -0.15) is 0 Å². The van der Waals surface area contributed by atoms with Crippen LogP contribution in [-0.4, -0.2) is 37.0 Å². The Balaban J connectivity index is 1.82. The van der Waals surface area contributed by atoms with Crippen LogP contribution in [-0.2, 0) is 0 Å². The van der Waals surface area contributed by atoms with Gasteiger partial charge in [0.2, 0.25) is 0 Å². The van der Waals surface area contributed by atoms with Gasteiger partial charge in [0.15, 0.2) is 0 Å². The second-order valence-corrected chi connectivity index (χ2v) is 6.11. The van der Waals surface area contributed by atoms with Gasteiger partial charge in [0.25, 0.3) is 5.91 Å². The first kappa shape index (κ1) is 12.6. The van der Waals surface area contributed by atoms with Crippen molar-refractivity contribution >= 4 is 27.3 Å². The lowest BCUT2D eigenvalue weighted by Gasteiger charge is -2.32. The number of likely N-dealkylation sites (N-methyl/N-ethyl adjacent to an activating group) is 1. The molecule has 2 heterocycles. The number of amides is 1. The highest BCUT2D eigenvalue weighted by molar-refractivity contribution is 7.20. The molecule has 1 aromatic carbocycles. The SMILES string of the molecule is CN[C@H]1CCCN(C(=O)c2cc3ccccc3s2)C1. The monoisotopic (exact) mass is 274 g/mol. The lowest BCUT2D eigenvalue weighted by Crippen LogP contribution is -2.46. The Bertz CT molecular complexity index is 560. The Morgan fingerprint density at radius 1 is 1.42 bits per heavy atom. The van der Waals surface area contributed by atoms with Crippen molar-refractivity contribution in [3.05, 3.63) is 35.2 Å². The zero-order valence-electron chi connectivity index (χ0n) is 11.1. The Morgan fingerprint density at radius 3 is 3.05 bits per heavy atom. The molecule has 100 valence electrons. The third-order valence-electron chi connectivity index (χ3n) is 3.75.